The van der Waals surface area contributed by atoms with Gasteiger partial charge in [-0.25, -0.2) is 15.0 Å². The van der Waals surface area contributed by atoms with Crippen molar-refractivity contribution in [1.82, 2.24) is 29.2 Å². The van der Waals surface area contributed by atoms with Crippen LogP contribution in [0.1, 0.15) is 40.5 Å². The Morgan fingerprint density at radius 3 is 2.63 bits per heavy atom. The lowest BCUT2D eigenvalue weighted by Crippen LogP contribution is -2.59. The van der Waals surface area contributed by atoms with Gasteiger partial charge in [0.1, 0.15) is 28.7 Å². The van der Waals surface area contributed by atoms with Gasteiger partial charge in [-0.2, -0.15) is 13.2 Å². The highest BCUT2D eigenvalue weighted by Crippen LogP contribution is 2.36. The van der Waals surface area contributed by atoms with E-state index >= 15 is 0 Å². The van der Waals surface area contributed by atoms with Crippen LogP contribution in [-0.4, -0.2) is 84.9 Å². The van der Waals surface area contributed by atoms with E-state index in [1.807, 2.05) is 14.2 Å². The summed E-state index contributed by atoms with van der Waals surface area (Å²) in [4.78, 5) is 42.7. The lowest BCUT2D eigenvalue weighted by Gasteiger charge is -2.45. The third kappa shape index (κ3) is 5.62. The van der Waals surface area contributed by atoms with Crippen LogP contribution >= 0.6 is 0 Å². The number of piperazine rings is 1. The van der Waals surface area contributed by atoms with Crippen molar-refractivity contribution >= 4 is 29.0 Å². The van der Waals surface area contributed by atoms with Crippen molar-refractivity contribution in [2.45, 2.75) is 31.0 Å². The van der Waals surface area contributed by atoms with Crippen LogP contribution in [0.15, 0.2) is 55.0 Å². The zero-order chi connectivity index (χ0) is 30.3. The minimum atomic E-state index is -4.56. The predicted octanol–water partition coefficient (Wildman–Crippen LogP) is 3.03. The zero-order valence-electron chi connectivity index (χ0n) is 23.0. The topological polar surface area (TPSA) is 142 Å². The average Bonchev–Trinajstić information content (AvgIpc) is 3.38. The van der Waals surface area contributed by atoms with Gasteiger partial charge in [0.25, 0.3) is 5.91 Å². The number of fused-ring (bicyclic) bond motifs is 2. The van der Waals surface area contributed by atoms with Gasteiger partial charge in [-0.15, -0.1) is 0 Å². The quantitative estimate of drug-likeness (QED) is 0.309. The number of piperidine rings is 1. The van der Waals surface area contributed by atoms with Crippen molar-refractivity contribution in [3.05, 3.63) is 71.9 Å². The molecule has 0 aliphatic carbocycles. The number of aromatic nitrogens is 4. The second-order valence-electron chi connectivity index (χ2n) is 10.7. The summed E-state index contributed by atoms with van der Waals surface area (Å²) in [5.41, 5.74) is 7.44. The molecule has 1 aromatic carbocycles. The van der Waals surface area contributed by atoms with Crippen molar-refractivity contribution in [2.75, 3.05) is 43.8 Å². The molecule has 5 heterocycles. The van der Waals surface area contributed by atoms with Crippen LogP contribution in [0.25, 0.3) is 16.8 Å². The Morgan fingerprint density at radius 1 is 1.09 bits per heavy atom. The van der Waals surface area contributed by atoms with Crippen molar-refractivity contribution in [1.29, 1.82) is 0 Å². The monoisotopic (exact) mass is 594 g/mol. The number of rotatable bonds is 6. The van der Waals surface area contributed by atoms with E-state index in [9.17, 15) is 27.9 Å². The van der Waals surface area contributed by atoms with Gasteiger partial charge in [-0.05, 0) is 37.1 Å². The van der Waals surface area contributed by atoms with E-state index < -0.39 is 17.6 Å². The number of nitrogens with two attached hydrogens (primary N) is 1. The van der Waals surface area contributed by atoms with E-state index in [0.29, 0.717) is 29.9 Å². The number of anilines is 2. The number of β-amino-alcohol motifs (C(OH)–C–C–N with tert-alkyl or cyclic N) is 1. The van der Waals surface area contributed by atoms with E-state index in [4.69, 9.17) is 10.7 Å². The van der Waals surface area contributed by atoms with Gasteiger partial charge in [0, 0.05) is 61.3 Å². The molecule has 2 saturated heterocycles. The fraction of sp³-hybridized carbons (Fsp3) is 0.345. The Bertz CT molecular complexity index is 1670. The first kappa shape index (κ1) is 28.6. The molecule has 2 aliphatic rings. The van der Waals surface area contributed by atoms with Crippen LogP contribution in [0.2, 0.25) is 0 Å². The van der Waals surface area contributed by atoms with Gasteiger partial charge in [0.15, 0.2) is 0 Å². The van der Waals surface area contributed by atoms with Crippen molar-refractivity contribution in [3.8, 4) is 11.3 Å². The number of nitrogen functional groups attached to an aromatic ring is 1. The van der Waals surface area contributed by atoms with Gasteiger partial charge in [0.05, 0.1) is 18.7 Å². The summed E-state index contributed by atoms with van der Waals surface area (Å²) in [5, 5.41) is 11.7. The molecule has 43 heavy (non-hydrogen) atoms. The minimum absolute atomic E-state index is 0.0135. The van der Waals surface area contributed by atoms with Crippen LogP contribution in [0.4, 0.5) is 24.8 Å². The number of nitrogens with zero attached hydrogens (tertiary/aromatic N) is 6. The maximum Gasteiger partial charge on any atom is 0.416 e. The number of imidazole rings is 1. The second kappa shape index (κ2) is 11.3. The number of benzene rings is 1. The molecule has 11 nitrogen and oxygen atoms in total. The molecule has 2 fully saturated rings. The van der Waals surface area contributed by atoms with E-state index in [1.165, 1.54) is 0 Å². The van der Waals surface area contributed by atoms with Crippen LogP contribution in [0, 0.1) is 0 Å². The molecule has 224 valence electrons. The van der Waals surface area contributed by atoms with Crippen molar-refractivity contribution in [2.24, 2.45) is 0 Å². The van der Waals surface area contributed by atoms with Crippen LogP contribution < -0.4 is 11.1 Å². The van der Waals surface area contributed by atoms with Gasteiger partial charge in [0.2, 0.25) is 5.91 Å². The highest BCUT2D eigenvalue weighted by atomic mass is 19.4. The zero-order valence-corrected chi connectivity index (χ0v) is 23.0. The van der Waals surface area contributed by atoms with Crippen molar-refractivity contribution < 1.29 is 27.9 Å². The largest absolute Gasteiger partial charge is 0.416 e. The van der Waals surface area contributed by atoms with E-state index in [0.717, 1.165) is 43.5 Å². The van der Waals surface area contributed by atoms with Crippen LogP contribution in [-0.2, 0) is 11.0 Å². The van der Waals surface area contributed by atoms with E-state index in [-0.39, 0.29) is 48.2 Å². The Morgan fingerprint density at radius 2 is 1.88 bits per heavy atom. The SMILES string of the molecule is Nc1nccn2c([C@@H]3CC[C@H]4CN(CCO)CC(=O)N4C3)nc(-c3ccc(C(=O)Nc4cc(C(F)(F)F)ccn4)cc3)c12. The van der Waals surface area contributed by atoms with Crippen molar-refractivity contribution in [3.63, 3.8) is 0 Å². The highest BCUT2D eigenvalue weighted by Gasteiger charge is 2.39. The molecule has 2 atom stereocenters. The maximum absolute atomic E-state index is 13.0. The molecule has 6 rings (SSSR count). The molecule has 4 aromatic rings. The molecule has 4 N–H and O–H groups in total. The summed E-state index contributed by atoms with van der Waals surface area (Å²) in [6, 6.07) is 8.17. The van der Waals surface area contributed by atoms with Gasteiger partial charge >= 0.3 is 6.18 Å². The Kier molecular flexibility index (Phi) is 7.48. The molecular weight excluding hydrogens is 565 g/mol. The summed E-state index contributed by atoms with van der Waals surface area (Å²) < 4.78 is 41.0. The number of carbonyl (C=O) groups excluding carboxylic acids is 2. The molecule has 14 heteroatoms. The lowest BCUT2D eigenvalue weighted by molar-refractivity contribution is -0.142. The summed E-state index contributed by atoms with van der Waals surface area (Å²) in [5.74, 6) is 0.186. The fourth-order valence-electron chi connectivity index (χ4n) is 5.91. The number of halogens is 3. The molecule has 3 aromatic heterocycles. The normalized spacial score (nSPS) is 19.4. The number of nitrogens with one attached hydrogen (secondary N) is 1. The maximum atomic E-state index is 13.0. The van der Waals surface area contributed by atoms with Gasteiger partial charge < -0.3 is 21.1 Å². The number of aliphatic hydroxyl groups is 1. The molecule has 0 saturated carbocycles. The second-order valence-corrected chi connectivity index (χ2v) is 10.7. The summed E-state index contributed by atoms with van der Waals surface area (Å²) in [6.07, 6.45) is 1.42. The Balaban J connectivity index is 1.25. The highest BCUT2D eigenvalue weighted by molar-refractivity contribution is 6.04. The smallest absolute Gasteiger partial charge is 0.395 e. The molecular formula is C29H29F3N8O3. The molecule has 0 radical (unpaired) electrons. The minimum Gasteiger partial charge on any atom is -0.395 e. The third-order valence-electron chi connectivity index (χ3n) is 8.00. The number of amides is 2. The third-order valence-corrected chi connectivity index (χ3v) is 8.00. The summed E-state index contributed by atoms with van der Waals surface area (Å²) in [7, 11) is 0. The Hall–Kier alpha value is -4.56. The molecule has 0 bridgehead atoms. The fourth-order valence-corrected chi connectivity index (χ4v) is 5.91. The van der Waals surface area contributed by atoms with Gasteiger partial charge in [-0.3, -0.25) is 18.9 Å². The number of hydrogen-bond donors (Lipinski definition) is 3. The first-order valence-electron chi connectivity index (χ1n) is 13.8. The standard InChI is InChI=1S/C29H29F3N8O3/c30-29(31,32)20-7-8-34-22(13-20)36-28(43)18-3-1-17(2-4-18)24-25-26(33)35-9-10-39(25)27(37-24)19-5-6-21-15-38(11-12-41)16-23(42)40(21)14-19/h1-4,7-10,13,19,21,41H,5-6,11-12,14-16H2,(H2,33,35)(H,34,36,43)/t19-,21+/m1/s1. The van der Waals surface area contributed by atoms with Crippen LogP contribution in [0.5, 0.6) is 0 Å². The number of carbonyl (C=O) groups is 2. The first-order chi connectivity index (χ1) is 20.6. The predicted molar refractivity (Wildman–Crippen MR) is 151 cm³/mol. The van der Waals surface area contributed by atoms with Crippen LogP contribution in [0.3, 0.4) is 0 Å². The number of aliphatic hydroxyl groups excluding tert-OH is 1. The lowest BCUT2D eigenvalue weighted by atomic mass is 9.90. The number of pyridine rings is 1. The molecule has 2 aliphatic heterocycles. The van der Waals surface area contributed by atoms with E-state index in [2.05, 4.69) is 15.3 Å². The summed E-state index contributed by atoms with van der Waals surface area (Å²) >= 11 is 0. The average molecular weight is 595 g/mol. The van der Waals surface area contributed by atoms with Gasteiger partial charge in [-0.1, -0.05) is 12.1 Å². The molecule has 2 amide bonds. The summed E-state index contributed by atoms with van der Waals surface area (Å²) in [6.45, 7) is 2.01. The molecule has 0 unspecified atom stereocenters. The van der Waals surface area contributed by atoms with E-state index in [1.54, 1.807) is 36.7 Å². The molecule has 0 spiro atoms. The number of alkyl halides is 3. The Labute approximate surface area is 244 Å². The number of hydrogen-bond acceptors (Lipinski definition) is 8. The first-order valence-corrected chi connectivity index (χ1v) is 13.8.